The number of methoxy groups -OCH3 is 1. The van der Waals surface area contributed by atoms with Crippen molar-refractivity contribution >= 4 is 17.2 Å². The van der Waals surface area contributed by atoms with Crippen LogP contribution in [-0.2, 0) is 16.0 Å². The van der Waals surface area contributed by atoms with Crippen molar-refractivity contribution < 1.29 is 14.5 Å². The minimum atomic E-state index is -0.427. The highest BCUT2D eigenvalue weighted by molar-refractivity contribution is 5.92. The number of carbonyl (C=O) groups excluding carboxylic acids is 1. The highest BCUT2D eigenvalue weighted by Gasteiger charge is 2.18. The second-order valence-corrected chi connectivity index (χ2v) is 4.14. The topological polar surface area (TPSA) is 69.4 Å². The van der Waals surface area contributed by atoms with Crippen LogP contribution < -0.4 is 0 Å². The number of nitro groups is 1. The van der Waals surface area contributed by atoms with Crippen LogP contribution in [0, 0.1) is 10.1 Å². The van der Waals surface area contributed by atoms with Crippen LogP contribution in [0.3, 0.4) is 0 Å². The van der Waals surface area contributed by atoms with Gasteiger partial charge in [-0.15, -0.1) is 0 Å². The average Bonchev–Trinajstić information content (AvgIpc) is 2.38. The molecule has 0 unspecified atom stereocenters. The molecule has 0 bridgehead atoms. The van der Waals surface area contributed by atoms with Gasteiger partial charge in [0, 0.05) is 18.2 Å². The number of rotatable bonds is 2. The van der Waals surface area contributed by atoms with E-state index in [0.717, 1.165) is 36.0 Å². The van der Waals surface area contributed by atoms with Gasteiger partial charge in [0.05, 0.1) is 12.0 Å². The Bertz CT molecular complexity index is 534. The zero-order chi connectivity index (χ0) is 13.1. The molecule has 0 heterocycles. The van der Waals surface area contributed by atoms with E-state index in [1.54, 1.807) is 6.07 Å². The summed E-state index contributed by atoms with van der Waals surface area (Å²) in [6, 6.07) is 4.79. The molecule has 0 saturated heterocycles. The Morgan fingerprint density at radius 2 is 2.22 bits per heavy atom. The maximum Gasteiger partial charge on any atom is 0.330 e. The fourth-order valence-electron chi connectivity index (χ4n) is 2.15. The Morgan fingerprint density at radius 3 is 2.89 bits per heavy atom. The molecule has 0 aromatic heterocycles. The molecule has 94 valence electrons. The van der Waals surface area contributed by atoms with Crippen molar-refractivity contribution in [2.45, 2.75) is 19.3 Å². The van der Waals surface area contributed by atoms with E-state index in [1.165, 1.54) is 25.3 Å². The number of nitrogens with zero attached hydrogens (tertiary/aromatic N) is 1. The van der Waals surface area contributed by atoms with E-state index in [0.29, 0.717) is 0 Å². The lowest BCUT2D eigenvalue weighted by molar-refractivity contribution is -0.384. The molecule has 0 atom stereocenters. The van der Waals surface area contributed by atoms with E-state index in [1.807, 2.05) is 0 Å². The molecule has 0 saturated carbocycles. The van der Waals surface area contributed by atoms with Crippen LogP contribution in [0.25, 0.3) is 5.57 Å². The number of ether oxygens (including phenoxy) is 1. The minimum Gasteiger partial charge on any atom is -0.466 e. The van der Waals surface area contributed by atoms with Gasteiger partial charge in [-0.25, -0.2) is 4.79 Å². The van der Waals surface area contributed by atoms with E-state index < -0.39 is 10.9 Å². The Balaban J connectivity index is 2.46. The number of benzene rings is 1. The first-order valence-corrected chi connectivity index (χ1v) is 5.68. The first kappa shape index (κ1) is 12.3. The van der Waals surface area contributed by atoms with Gasteiger partial charge >= 0.3 is 5.97 Å². The molecule has 5 heteroatoms. The standard InChI is InChI=1S/C13H13NO4/c1-18-13(15)7-10-4-2-3-9-5-6-11(14(16)17)8-12(9)10/h5-8H,2-4H2,1H3/b10-7-. The number of carbonyl (C=O) groups is 1. The van der Waals surface area contributed by atoms with E-state index in [-0.39, 0.29) is 5.69 Å². The van der Waals surface area contributed by atoms with Gasteiger partial charge in [0.15, 0.2) is 0 Å². The molecule has 1 aliphatic rings. The van der Waals surface area contributed by atoms with Gasteiger partial charge in [-0.3, -0.25) is 10.1 Å². The molecule has 0 spiro atoms. The smallest absolute Gasteiger partial charge is 0.330 e. The third kappa shape index (κ3) is 2.40. The summed E-state index contributed by atoms with van der Waals surface area (Å²) in [5.74, 6) is -0.427. The molecule has 0 aliphatic heterocycles. The lowest BCUT2D eigenvalue weighted by Gasteiger charge is -2.18. The fourth-order valence-corrected chi connectivity index (χ4v) is 2.15. The highest BCUT2D eigenvalue weighted by Crippen LogP contribution is 2.33. The second kappa shape index (κ2) is 5.00. The third-order valence-electron chi connectivity index (χ3n) is 3.04. The Kier molecular flexibility index (Phi) is 3.41. The van der Waals surface area contributed by atoms with Crippen LogP contribution in [0.2, 0.25) is 0 Å². The van der Waals surface area contributed by atoms with Crippen molar-refractivity contribution in [3.63, 3.8) is 0 Å². The lowest BCUT2D eigenvalue weighted by atomic mass is 9.87. The number of fused-ring (bicyclic) bond motifs is 1. The lowest BCUT2D eigenvalue weighted by Crippen LogP contribution is -2.05. The zero-order valence-electron chi connectivity index (χ0n) is 10.0. The summed E-state index contributed by atoms with van der Waals surface area (Å²) in [5.41, 5.74) is 2.70. The van der Waals surface area contributed by atoms with E-state index in [4.69, 9.17) is 0 Å². The number of non-ortho nitro benzene ring substituents is 1. The third-order valence-corrected chi connectivity index (χ3v) is 3.04. The number of esters is 1. The van der Waals surface area contributed by atoms with Crippen molar-refractivity contribution in [3.8, 4) is 0 Å². The molecule has 18 heavy (non-hydrogen) atoms. The highest BCUT2D eigenvalue weighted by atomic mass is 16.6. The van der Waals surface area contributed by atoms with Gasteiger partial charge in [-0.2, -0.15) is 0 Å². The van der Waals surface area contributed by atoms with Crippen molar-refractivity contribution in [1.29, 1.82) is 0 Å². The van der Waals surface area contributed by atoms with Gasteiger partial charge in [0.1, 0.15) is 0 Å². The summed E-state index contributed by atoms with van der Waals surface area (Å²) < 4.78 is 4.60. The summed E-state index contributed by atoms with van der Waals surface area (Å²) in [6.07, 6.45) is 3.98. The molecule has 1 aromatic rings. The average molecular weight is 247 g/mol. The van der Waals surface area contributed by atoms with E-state index >= 15 is 0 Å². The summed E-state index contributed by atoms with van der Waals surface area (Å²) in [4.78, 5) is 21.6. The van der Waals surface area contributed by atoms with E-state index in [9.17, 15) is 14.9 Å². The molecule has 0 radical (unpaired) electrons. The van der Waals surface area contributed by atoms with Crippen molar-refractivity contribution in [2.75, 3.05) is 7.11 Å². The first-order chi connectivity index (χ1) is 8.61. The SMILES string of the molecule is COC(=O)/C=C1/CCCc2ccc([N+](=O)[O-])cc21. The molecular weight excluding hydrogens is 234 g/mol. The molecular formula is C13H13NO4. The van der Waals surface area contributed by atoms with Crippen LogP contribution in [0.4, 0.5) is 5.69 Å². The molecule has 1 aliphatic carbocycles. The number of hydrogen-bond acceptors (Lipinski definition) is 4. The van der Waals surface area contributed by atoms with Gasteiger partial charge in [0.25, 0.3) is 5.69 Å². The molecule has 0 amide bonds. The van der Waals surface area contributed by atoms with Crippen molar-refractivity contribution in [1.82, 2.24) is 0 Å². The number of aryl methyl sites for hydroxylation is 1. The van der Waals surface area contributed by atoms with Gasteiger partial charge in [0.2, 0.25) is 0 Å². The monoisotopic (exact) mass is 247 g/mol. The largest absolute Gasteiger partial charge is 0.466 e. The maximum atomic E-state index is 11.3. The fraction of sp³-hybridized carbons (Fsp3) is 0.308. The summed E-state index contributed by atoms with van der Waals surface area (Å²) in [5, 5.41) is 10.8. The maximum absolute atomic E-state index is 11.3. The van der Waals surface area contributed by atoms with Crippen LogP contribution >= 0.6 is 0 Å². The minimum absolute atomic E-state index is 0.0476. The summed E-state index contributed by atoms with van der Waals surface area (Å²) in [6.45, 7) is 0. The summed E-state index contributed by atoms with van der Waals surface area (Å²) >= 11 is 0. The van der Waals surface area contributed by atoms with Crippen molar-refractivity contribution in [2.24, 2.45) is 0 Å². The summed E-state index contributed by atoms with van der Waals surface area (Å²) in [7, 11) is 1.32. The molecule has 2 rings (SSSR count). The Hall–Kier alpha value is -2.17. The number of hydrogen-bond donors (Lipinski definition) is 0. The molecule has 0 fully saturated rings. The molecule has 5 nitrogen and oxygen atoms in total. The van der Waals surface area contributed by atoms with Crippen LogP contribution in [0.15, 0.2) is 24.3 Å². The van der Waals surface area contributed by atoms with E-state index in [2.05, 4.69) is 4.74 Å². The Labute approximate surface area is 104 Å². The van der Waals surface area contributed by atoms with Gasteiger partial charge < -0.3 is 4.74 Å². The number of nitro benzene ring substituents is 1. The zero-order valence-corrected chi connectivity index (χ0v) is 10.0. The van der Waals surface area contributed by atoms with Crippen LogP contribution in [0.5, 0.6) is 0 Å². The van der Waals surface area contributed by atoms with Crippen LogP contribution in [-0.4, -0.2) is 18.0 Å². The van der Waals surface area contributed by atoms with Crippen molar-refractivity contribution in [3.05, 3.63) is 45.5 Å². The predicted octanol–water partition coefficient (Wildman–Crippen LogP) is 2.49. The van der Waals surface area contributed by atoms with Gasteiger partial charge in [-0.1, -0.05) is 6.07 Å². The van der Waals surface area contributed by atoms with Gasteiger partial charge in [-0.05, 0) is 36.0 Å². The predicted molar refractivity (Wildman–Crippen MR) is 66.0 cm³/mol. The number of allylic oxidation sites excluding steroid dienone is 1. The molecule has 1 aromatic carbocycles. The van der Waals surface area contributed by atoms with Crippen LogP contribution in [0.1, 0.15) is 24.0 Å². The normalized spacial score (nSPS) is 16.2. The Morgan fingerprint density at radius 1 is 1.44 bits per heavy atom. The first-order valence-electron chi connectivity index (χ1n) is 5.68. The quantitative estimate of drug-likeness (QED) is 0.348. The second-order valence-electron chi connectivity index (χ2n) is 4.14. The molecule has 0 N–H and O–H groups in total.